The van der Waals surface area contributed by atoms with Gasteiger partial charge in [-0.15, -0.1) is 11.3 Å². The van der Waals surface area contributed by atoms with E-state index in [4.69, 9.17) is 4.74 Å². The van der Waals surface area contributed by atoms with Crippen LogP contribution in [-0.4, -0.2) is 16.3 Å². The second-order valence-electron chi connectivity index (χ2n) is 5.17. The van der Waals surface area contributed by atoms with Gasteiger partial charge in [0, 0.05) is 5.38 Å². The Morgan fingerprint density at radius 2 is 2.08 bits per heavy atom. The Hall–Kier alpha value is -2.86. The van der Waals surface area contributed by atoms with Crippen molar-refractivity contribution in [3.63, 3.8) is 0 Å². The van der Waals surface area contributed by atoms with E-state index in [1.165, 1.54) is 11.3 Å². The van der Waals surface area contributed by atoms with Gasteiger partial charge >= 0.3 is 0 Å². The van der Waals surface area contributed by atoms with Crippen molar-refractivity contribution in [2.24, 2.45) is 5.10 Å². The first-order valence-electron chi connectivity index (χ1n) is 7.41. The lowest BCUT2D eigenvalue weighted by Gasteiger charge is -2.08. The number of anilines is 1. The van der Waals surface area contributed by atoms with Gasteiger partial charge in [0.1, 0.15) is 6.61 Å². The van der Waals surface area contributed by atoms with Crippen LogP contribution in [0.4, 0.5) is 5.13 Å². The maximum absolute atomic E-state index is 9.93. The third-order valence-electron chi connectivity index (χ3n) is 3.21. The molecule has 0 aliphatic carbocycles. The van der Waals surface area contributed by atoms with Crippen LogP contribution in [0.2, 0.25) is 0 Å². The van der Waals surface area contributed by atoms with Gasteiger partial charge in [0.2, 0.25) is 5.13 Å². The smallest absolute Gasteiger partial charge is 0.203 e. The number of aromatic nitrogens is 1. The standard InChI is InChI=1S/C18H17N3O2S/c1-13-12-24-18(20-13)21-19-10-15-7-8-16(22)17(9-15)23-11-14-5-3-2-4-6-14/h2-10,12,22H,11H2,1H3,(H,20,21). The second-order valence-corrected chi connectivity index (χ2v) is 6.02. The summed E-state index contributed by atoms with van der Waals surface area (Å²) in [7, 11) is 0. The van der Waals surface area contributed by atoms with Gasteiger partial charge in [-0.1, -0.05) is 30.3 Å². The summed E-state index contributed by atoms with van der Waals surface area (Å²) in [5.41, 5.74) is 5.69. The molecule has 0 aliphatic heterocycles. The molecule has 2 aromatic carbocycles. The molecule has 3 aromatic rings. The van der Waals surface area contributed by atoms with Gasteiger partial charge in [-0.3, -0.25) is 5.43 Å². The van der Waals surface area contributed by atoms with E-state index in [2.05, 4.69) is 15.5 Å². The monoisotopic (exact) mass is 339 g/mol. The maximum atomic E-state index is 9.93. The molecule has 2 N–H and O–H groups in total. The number of aromatic hydroxyl groups is 1. The fourth-order valence-corrected chi connectivity index (χ4v) is 2.67. The fraction of sp³-hybridized carbons (Fsp3) is 0.111. The number of rotatable bonds is 6. The molecule has 1 aromatic heterocycles. The van der Waals surface area contributed by atoms with Crippen LogP contribution in [0.3, 0.4) is 0 Å². The summed E-state index contributed by atoms with van der Waals surface area (Å²) in [5, 5.41) is 16.8. The molecule has 0 atom stereocenters. The molecule has 3 rings (SSSR count). The minimum absolute atomic E-state index is 0.103. The summed E-state index contributed by atoms with van der Waals surface area (Å²) in [6.45, 7) is 2.33. The molecule has 0 aliphatic rings. The van der Waals surface area contributed by atoms with Gasteiger partial charge in [-0.2, -0.15) is 5.10 Å². The number of aryl methyl sites for hydroxylation is 1. The normalized spacial score (nSPS) is 10.9. The lowest BCUT2D eigenvalue weighted by molar-refractivity contribution is 0.289. The zero-order chi connectivity index (χ0) is 16.8. The van der Waals surface area contributed by atoms with E-state index in [9.17, 15) is 5.11 Å². The molecule has 0 bridgehead atoms. The highest BCUT2D eigenvalue weighted by Crippen LogP contribution is 2.27. The minimum atomic E-state index is 0.103. The number of hydrogen-bond acceptors (Lipinski definition) is 6. The van der Waals surface area contributed by atoms with Crippen LogP contribution < -0.4 is 10.2 Å². The zero-order valence-electron chi connectivity index (χ0n) is 13.1. The molecule has 0 saturated carbocycles. The molecule has 24 heavy (non-hydrogen) atoms. The maximum Gasteiger partial charge on any atom is 0.203 e. The van der Waals surface area contributed by atoms with E-state index in [1.807, 2.05) is 42.6 Å². The molecule has 122 valence electrons. The number of phenols is 1. The molecule has 0 spiro atoms. The van der Waals surface area contributed by atoms with Crippen molar-refractivity contribution in [1.82, 2.24) is 4.98 Å². The lowest BCUT2D eigenvalue weighted by Crippen LogP contribution is -1.96. The fourth-order valence-electron chi connectivity index (χ4n) is 2.03. The van der Waals surface area contributed by atoms with Gasteiger partial charge in [0.05, 0.1) is 11.9 Å². The van der Waals surface area contributed by atoms with Gasteiger partial charge in [0.15, 0.2) is 11.5 Å². The van der Waals surface area contributed by atoms with Crippen LogP contribution in [0.15, 0.2) is 59.0 Å². The second kappa shape index (κ2) is 7.61. The van der Waals surface area contributed by atoms with Crippen LogP contribution in [0.1, 0.15) is 16.8 Å². The molecule has 0 radical (unpaired) electrons. The molecule has 0 amide bonds. The van der Waals surface area contributed by atoms with Crippen molar-refractivity contribution in [3.8, 4) is 11.5 Å². The number of benzene rings is 2. The van der Waals surface area contributed by atoms with Crippen LogP contribution in [-0.2, 0) is 6.61 Å². The van der Waals surface area contributed by atoms with Crippen molar-refractivity contribution in [3.05, 3.63) is 70.7 Å². The molecule has 0 unspecified atom stereocenters. The summed E-state index contributed by atoms with van der Waals surface area (Å²) in [5.74, 6) is 0.527. The molecular weight excluding hydrogens is 322 g/mol. The predicted octanol–water partition coefficient (Wildman–Crippen LogP) is 4.18. The largest absolute Gasteiger partial charge is 0.504 e. The highest BCUT2D eigenvalue weighted by atomic mass is 32.1. The third-order valence-corrected chi connectivity index (χ3v) is 4.08. The first-order chi connectivity index (χ1) is 11.7. The molecule has 6 heteroatoms. The number of ether oxygens (including phenoxy) is 1. The highest BCUT2D eigenvalue weighted by Gasteiger charge is 2.04. The van der Waals surface area contributed by atoms with E-state index in [0.29, 0.717) is 12.4 Å². The molecule has 0 saturated heterocycles. The molecule has 0 fully saturated rings. The number of nitrogens with one attached hydrogen (secondary N) is 1. The predicted molar refractivity (Wildman–Crippen MR) is 96.9 cm³/mol. The third kappa shape index (κ3) is 4.33. The summed E-state index contributed by atoms with van der Waals surface area (Å²) < 4.78 is 5.69. The Morgan fingerprint density at radius 3 is 2.83 bits per heavy atom. The van der Waals surface area contributed by atoms with Crippen molar-refractivity contribution in [2.45, 2.75) is 13.5 Å². The van der Waals surface area contributed by atoms with Crippen LogP contribution in [0.5, 0.6) is 11.5 Å². The topological polar surface area (TPSA) is 66.7 Å². The van der Waals surface area contributed by atoms with Gasteiger partial charge in [-0.25, -0.2) is 4.98 Å². The summed E-state index contributed by atoms with van der Waals surface area (Å²) >= 11 is 1.50. The Kier molecular flexibility index (Phi) is 5.08. The average molecular weight is 339 g/mol. The summed E-state index contributed by atoms with van der Waals surface area (Å²) in [4.78, 5) is 4.27. The molecule has 5 nitrogen and oxygen atoms in total. The number of hydrogen-bond donors (Lipinski definition) is 2. The number of thiazole rings is 1. The Morgan fingerprint density at radius 1 is 1.25 bits per heavy atom. The van der Waals surface area contributed by atoms with Crippen molar-refractivity contribution >= 4 is 22.7 Å². The van der Waals surface area contributed by atoms with E-state index in [1.54, 1.807) is 24.4 Å². The van der Waals surface area contributed by atoms with Crippen molar-refractivity contribution in [1.29, 1.82) is 0 Å². The van der Waals surface area contributed by atoms with Crippen LogP contribution in [0, 0.1) is 6.92 Å². The molecular formula is C18H17N3O2S. The highest BCUT2D eigenvalue weighted by molar-refractivity contribution is 7.13. The average Bonchev–Trinajstić information content (AvgIpc) is 3.01. The summed E-state index contributed by atoms with van der Waals surface area (Å²) in [6.07, 6.45) is 1.66. The van der Waals surface area contributed by atoms with E-state index >= 15 is 0 Å². The number of nitrogens with zero attached hydrogens (tertiary/aromatic N) is 2. The lowest BCUT2D eigenvalue weighted by atomic mass is 10.2. The van der Waals surface area contributed by atoms with Crippen LogP contribution in [0.25, 0.3) is 0 Å². The number of hydrazone groups is 1. The van der Waals surface area contributed by atoms with Gasteiger partial charge in [0.25, 0.3) is 0 Å². The van der Waals surface area contributed by atoms with E-state index < -0.39 is 0 Å². The SMILES string of the molecule is Cc1csc(NN=Cc2ccc(O)c(OCc3ccccc3)c2)n1. The zero-order valence-corrected chi connectivity index (χ0v) is 14.0. The van der Waals surface area contributed by atoms with Crippen molar-refractivity contribution in [2.75, 3.05) is 5.43 Å². The summed E-state index contributed by atoms with van der Waals surface area (Å²) in [6, 6.07) is 14.9. The first-order valence-corrected chi connectivity index (χ1v) is 8.29. The van der Waals surface area contributed by atoms with Crippen molar-refractivity contribution < 1.29 is 9.84 Å². The van der Waals surface area contributed by atoms with E-state index in [0.717, 1.165) is 22.0 Å². The van der Waals surface area contributed by atoms with Gasteiger partial charge in [-0.05, 0) is 36.2 Å². The van der Waals surface area contributed by atoms with Gasteiger partial charge < -0.3 is 9.84 Å². The quantitative estimate of drug-likeness (QED) is 0.522. The first kappa shape index (κ1) is 16.0. The Bertz CT molecular complexity index is 831. The minimum Gasteiger partial charge on any atom is -0.504 e. The Balaban J connectivity index is 1.64. The van der Waals surface area contributed by atoms with Crippen LogP contribution >= 0.6 is 11.3 Å². The number of phenolic OH excluding ortho intramolecular Hbond substituents is 1. The molecule has 1 heterocycles. The Labute approximate surface area is 144 Å². The van der Waals surface area contributed by atoms with E-state index in [-0.39, 0.29) is 5.75 Å².